The summed E-state index contributed by atoms with van der Waals surface area (Å²) in [4.78, 5) is 0. The lowest BCUT2D eigenvalue weighted by molar-refractivity contribution is 1.36. The van der Waals surface area contributed by atoms with E-state index in [4.69, 9.17) is 0 Å². The van der Waals surface area contributed by atoms with Crippen LogP contribution in [-0.2, 0) is 0 Å². The fraction of sp³-hybridized carbons (Fsp3) is 0.100. The van der Waals surface area contributed by atoms with Crippen molar-refractivity contribution in [3.05, 3.63) is 81.3 Å². The number of aryl methyl sites for hydroxylation is 2. The van der Waals surface area contributed by atoms with Crippen LogP contribution in [0.1, 0.15) is 22.3 Å². The Morgan fingerprint density at radius 3 is 2.33 bits per heavy atom. The average molecular weight is 335 g/mol. The lowest BCUT2D eigenvalue weighted by Gasteiger charge is -2.00. The summed E-state index contributed by atoms with van der Waals surface area (Å²) in [7, 11) is 0. The molecular weight excluding hydrogens is 320 g/mol. The van der Waals surface area contributed by atoms with E-state index in [-0.39, 0.29) is 0 Å². The molecule has 0 saturated heterocycles. The third kappa shape index (κ3) is 3.17. The van der Waals surface area contributed by atoms with Crippen LogP contribution in [-0.4, -0.2) is 0 Å². The first-order valence-electron chi connectivity index (χ1n) is 6.90. The van der Waals surface area contributed by atoms with Crippen LogP contribution < -0.4 is 0 Å². The average Bonchev–Trinajstić information content (AvgIpc) is 2.46. The van der Waals surface area contributed by atoms with Crippen LogP contribution in [0.5, 0.6) is 0 Å². The second-order valence-electron chi connectivity index (χ2n) is 5.27. The molecule has 0 heterocycles. The molecule has 0 amide bonds. The molecular formula is C20H15Br. The van der Waals surface area contributed by atoms with E-state index in [9.17, 15) is 0 Å². The van der Waals surface area contributed by atoms with E-state index >= 15 is 0 Å². The topological polar surface area (TPSA) is 0 Å². The molecule has 3 aromatic rings. The van der Waals surface area contributed by atoms with Crippen molar-refractivity contribution < 1.29 is 0 Å². The quantitative estimate of drug-likeness (QED) is 0.468. The summed E-state index contributed by atoms with van der Waals surface area (Å²) in [6.07, 6.45) is 0. The van der Waals surface area contributed by atoms with Crippen LogP contribution in [0.15, 0.2) is 59.1 Å². The zero-order chi connectivity index (χ0) is 14.8. The van der Waals surface area contributed by atoms with Gasteiger partial charge in [0.15, 0.2) is 0 Å². The van der Waals surface area contributed by atoms with Gasteiger partial charge in [0.25, 0.3) is 0 Å². The molecule has 0 aliphatic carbocycles. The number of fused-ring (bicyclic) bond motifs is 1. The molecule has 0 N–H and O–H groups in total. The summed E-state index contributed by atoms with van der Waals surface area (Å²) in [5, 5.41) is 2.44. The van der Waals surface area contributed by atoms with E-state index in [1.807, 2.05) is 0 Å². The highest BCUT2D eigenvalue weighted by Gasteiger charge is 1.97. The molecule has 0 saturated carbocycles. The fourth-order valence-electron chi connectivity index (χ4n) is 2.39. The fourth-order valence-corrected chi connectivity index (χ4v) is 2.77. The molecule has 3 aromatic carbocycles. The molecule has 0 spiro atoms. The normalized spacial score (nSPS) is 10.2. The van der Waals surface area contributed by atoms with Gasteiger partial charge in [-0.25, -0.2) is 0 Å². The molecule has 3 rings (SSSR count). The minimum atomic E-state index is 1.05. The predicted octanol–water partition coefficient (Wildman–Crippen LogP) is 5.62. The van der Waals surface area contributed by atoms with Gasteiger partial charge in [0.2, 0.25) is 0 Å². The number of benzene rings is 3. The Kier molecular flexibility index (Phi) is 3.82. The third-order valence-electron chi connectivity index (χ3n) is 3.53. The lowest BCUT2D eigenvalue weighted by Crippen LogP contribution is -1.84. The Morgan fingerprint density at radius 1 is 0.762 bits per heavy atom. The molecule has 0 unspecified atom stereocenters. The summed E-state index contributed by atoms with van der Waals surface area (Å²) in [5.41, 5.74) is 4.64. The molecule has 0 fully saturated rings. The van der Waals surface area contributed by atoms with E-state index in [1.165, 1.54) is 21.9 Å². The number of hydrogen-bond acceptors (Lipinski definition) is 0. The molecule has 1 heteroatoms. The SMILES string of the molecule is Cc1ccc(C#Cc2ccc3cc(Br)ccc3c2)c(C)c1. The molecule has 21 heavy (non-hydrogen) atoms. The molecule has 102 valence electrons. The van der Waals surface area contributed by atoms with Crippen LogP contribution in [0.4, 0.5) is 0 Å². The van der Waals surface area contributed by atoms with Crippen molar-refractivity contribution in [2.45, 2.75) is 13.8 Å². The Morgan fingerprint density at radius 2 is 1.52 bits per heavy atom. The third-order valence-corrected chi connectivity index (χ3v) is 4.02. The van der Waals surface area contributed by atoms with Gasteiger partial charge in [0.05, 0.1) is 0 Å². The van der Waals surface area contributed by atoms with E-state index in [0.717, 1.165) is 15.6 Å². The van der Waals surface area contributed by atoms with Crippen LogP contribution in [0.25, 0.3) is 10.8 Å². The van der Waals surface area contributed by atoms with Gasteiger partial charge in [0.1, 0.15) is 0 Å². The van der Waals surface area contributed by atoms with Crippen molar-refractivity contribution in [1.29, 1.82) is 0 Å². The van der Waals surface area contributed by atoms with Gasteiger partial charge in [-0.1, -0.05) is 57.6 Å². The van der Waals surface area contributed by atoms with Crippen molar-refractivity contribution in [2.75, 3.05) is 0 Å². The van der Waals surface area contributed by atoms with Crippen molar-refractivity contribution >= 4 is 26.7 Å². The Hall–Kier alpha value is -2.04. The molecule has 0 nitrogen and oxygen atoms in total. The van der Waals surface area contributed by atoms with E-state index in [1.54, 1.807) is 0 Å². The van der Waals surface area contributed by atoms with Gasteiger partial charge in [-0.05, 0) is 60.5 Å². The van der Waals surface area contributed by atoms with Gasteiger partial charge in [-0.2, -0.15) is 0 Å². The molecule has 0 atom stereocenters. The molecule has 0 bridgehead atoms. The Balaban J connectivity index is 1.99. The maximum Gasteiger partial charge on any atom is 0.0278 e. The van der Waals surface area contributed by atoms with Gasteiger partial charge < -0.3 is 0 Å². The van der Waals surface area contributed by atoms with E-state index in [0.29, 0.717) is 0 Å². The molecule has 0 aromatic heterocycles. The number of halogens is 1. The van der Waals surface area contributed by atoms with Crippen LogP contribution in [0.2, 0.25) is 0 Å². The van der Waals surface area contributed by atoms with Crippen LogP contribution >= 0.6 is 15.9 Å². The second kappa shape index (κ2) is 5.76. The summed E-state index contributed by atoms with van der Waals surface area (Å²) in [5.74, 6) is 6.54. The zero-order valence-electron chi connectivity index (χ0n) is 12.1. The minimum Gasteiger partial charge on any atom is -0.0616 e. The minimum absolute atomic E-state index is 1.05. The first-order valence-corrected chi connectivity index (χ1v) is 7.70. The predicted molar refractivity (Wildman–Crippen MR) is 93.5 cm³/mol. The van der Waals surface area contributed by atoms with E-state index < -0.39 is 0 Å². The van der Waals surface area contributed by atoms with Gasteiger partial charge in [0, 0.05) is 15.6 Å². The highest BCUT2D eigenvalue weighted by atomic mass is 79.9. The highest BCUT2D eigenvalue weighted by Crippen LogP contribution is 2.20. The van der Waals surface area contributed by atoms with Crippen molar-refractivity contribution in [1.82, 2.24) is 0 Å². The first kappa shape index (κ1) is 13.9. The Bertz CT molecular complexity index is 879. The summed E-state index contributed by atoms with van der Waals surface area (Å²) in [6.45, 7) is 4.21. The largest absolute Gasteiger partial charge is 0.0616 e. The summed E-state index contributed by atoms with van der Waals surface area (Å²) >= 11 is 3.50. The van der Waals surface area contributed by atoms with E-state index in [2.05, 4.69) is 96.2 Å². The van der Waals surface area contributed by atoms with Crippen LogP contribution in [0, 0.1) is 25.7 Å². The lowest BCUT2D eigenvalue weighted by atomic mass is 10.0. The maximum atomic E-state index is 3.50. The van der Waals surface area contributed by atoms with Crippen LogP contribution in [0.3, 0.4) is 0 Å². The maximum absolute atomic E-state index is 3.50. The van der Waals surface area contributed by atoms with Crippen molar-refractivity contribution in [3.63, 3.8) is 0 Å². The molecule has 0 radical (unpaired) electrons. The van der Waals surface area contributed by atoms with Crippen molar-refractivity contribution in [3.8, 4) is 11.8 Å². The summed E-state index contributed by atoms with van der Waals surface area (Å²) < 4.78 is 1.10. The number of hydrogen-bond donors (Lipinski definition) is 0. The standard InChI is InChI=1S/C20H15Br/c1-14-3-6-17(15(2)11-14)7-4-16-5-8-19-13-20(21)10-9-18(19)12-16/h3,5-6,8-13H,1-2H3. The second-order valence-corrected chi connectivity index (χ2v) is 6.19. The Labute approximate surface area is 133 Å². The van der Waals surface area contributed by atoms with Gasteiger partial charge in [-0.15, -0.1) is 0 Å². The summed E-state index contributed by atoms with van der Waals surface area (Å²) in [6, 6.07) is 19.0. The van der Waals surface area contributed by atoms with Gasteiger partial charge in [-0.3, -0.25) is 0 Å². The molecule has 0 aliphatic heterocycles. The van der Waals surface area contributed by atoms with Crippen molar-refractivity contribution in [2.24, 2.45) is 0 Å². The zero-order valence-corrected chi connectivity index (χ0v) is 13.7. The molecule has 0 aliphatic rings. The number of rotatable bonds is 0. The van der Waals surface area contributed by atoms with Gasteiger partial charge >= 0.3 is 0 Å². The smallest absolute Gasteiger partial charge is 0.0278 e. The monoisotopic (exact) mass is 334 g/mol. The highest BCUT2D eigenvalue weighted by molar-refractivity contribution is 9.10. The first-order chi connectivity index (χ1) is 10.1.